The monoisotopic (exact) mass is 321 g/mol. The van der Waals surface area contributed by atoms with Crippen molar-refractivity contribution in [2.75, 3.05) is 13.7 Å². The molecule has 1 aromatic rings. The second-order valence-electron chi connectivity index (χ2n) is 5.82. The Morgan fingerprint density at radius 1 is 1.35 bits per heavy atom. The van der Waals surface area contributed by atoms with Crippen LogP contribution in [-0.2, 0) is 14.3 Å². The van der Waals surface area contributed by atoms with E-state index < -0.39 is 18.0 Å². The van der Waals surface area contributed by atoms with Gasteiger partial charge in [-0.25, -0.2) is 9.59 Å². The molecule has 126 valence electrons. The number of hydrogen-bond acceptors (Lipinski definition) is 5. The average Bonchev–Trinajstić information content (AvgIpc) is 2.57. The van der Waals surface area contributed by atoms with E-state index in [1.165, 1.54) is 0 Å². The minimum atomic E-state index is -1.56. The van der Waals surface area contributed by atoms with E-state index in [1.54, 1.807) is 7.11 Å². The lowest BCUT2D eigenvalue weighted by molar-refractivity contribution is -0.170. The predicted molar refractivity (Wildman–Crippen MR) is 84.3 cm³/mol. The Morgan fingerprint density at radius 2 is 2.09 bits per heavy atom. The number of hydrogen-bond donors (Lipinski definition) is 2. The third-order valence-electron chi connectivity index (χ3n) is 4.48. The molecule has 3 atom stereocenters. The lowest BCUT2D eigenvalue weighted by Gasteiger charge is -2.36. The Morgan fingerprint density at radius 3 is 2.74 bits per heavy atom. The number of carboxylic acid groups (broad SMARTS) is 1. The normalized spacial score (nSPS) is 22.2. The van der Waals surface area contributed by atoms with Crippen LogP contribution in [0.15, 0.2) is 24.3 Å². The van der Waals surface area contributed by atoms with Crippen LogP contribution in [-0.4, -0.2) is 36.8 Å². The number of ether oxygens (including phenoxy) is 2. The SMILES string of the molecule is COc1cccc([C@H](CN)[C@@H]2CCCC[C@@H]2OC(=O)C(=O)O)c1. The fourth-order valence-electron chi connectivity index (χ4n) is 3.35. The number of aliphatic carboxylic acids is 1. The van der Waals surface area contributed by atoms with Gasteiger partial charge in [-0.1, -0.05) is 18.6 Å². The first-order valence-electron chi connectivity index (χ1n) is 7.84. The quantitative estimate of drug-likeness (QED) is 0.635. The van der Waals surface area contributed by atoms with Crippen LogP contribution < -0.4 is 10.5 Å². The minimum absolute atomic E-state index is 0.00278. The smallest absolute Gasteiger partial charge is 0.417 e. The summed E-state index contributed by atoms with van der Waals surface area (Å²) in [7, 11) is 1.61. The summed E-state index contributed by atoms with van der Waals surface area (Å²) in [6.07, 6.45) is 3.06. The zero-order valence-corrected chi connectivity index (χ0v) is 13.2. The Bertz CT molecular complexity index is 560. The summed E-state index contributed by atoms with van der Waals surface area (Å²) in [5.41, 5.74) is 7.01. The summed E-state index contributed by atoms with van der Waals surface area (Å²) in [6, 6.07) is 7.67. The molecule has 0 unspecified atom stereocenters. The van der Waals surface area contributed by atoms with Crippen molar-refractivity contribution >= 4 is 11.9 Å². The summed E-state index contributed by atoms with van der Waals surface area (Å²) in [5.74, 6) is -1.99. The standard InChI is InChI=1S/C17H23NO5/c1-22-12-6-4-5-11(9-12)14(10-18)13-7-2-3-8-15(13)23-17(21)16(19)20/h4-6,9,13-15H,2-3,7-8,10,18H2,1H3,(H,19,20)/t13-,14-,15-/m0/s1. The summed E-state index contributed by atoms with van der Waals surface area (Å²) < 4.78 is 10.5. The molecule has 0 aliphatic heterocycles. The molecule has 0 bridgehead atoms. The lowest BCUT2D eigenvalue weighted by Crippen LogP contribution is -2.38. The highest BCUT2D eigenvalue weighted by atomic mass is 16.6. The Kier molecular flexibility index (Phi) is 5.98. The van der Waals surface area contributed by atoms with E-state index in [1.807, 2.05) is 24.3 Å². The first-order chi connectivity index (χ1) is 11.1. The molecule has 1 aromatic carbocycles. The number of carboxylic acids is 1. The molecule has 0 saturated heterocycles. The number of carbonyl (C=O) groups excluding carboxylic acids is 1. The summed E-state index contributed by atoms with van der Waals surface area (Å²) >= 11 is 0. The molecule has 6 heteroatoms. The molecule has 1 aliphatic rings. The molecule has 2 rings (SSSR count). The van der Waals surface area contributed by atoms with Crippen molar-refractivity contribution in [3.05, 3.63) is 29.8 Å². The van der Waals surface area contributed by atoms with Crippen molar-refractivity contribution in [2.45, 2.75) is 37.7 Å². The van der Waals surface area contributed by atoms with Crippen molar-refractivity contribution in [1.82, 2.24) is 0 Å². The number of methoxy groups -OCH3 is 1. The Balaban J connectivity index is 2.21. The largest absolute Gasteiger partial charge is 0.497 e. The summed E-state index contributed by atoms with van der Waals surface area (Å²) in [6.45, 7) is 0.402. The predicted octanol–water partition coefficient (Wildman–Crippen LogP) is 1.92. The van der Waals surface area contributed by atoms with Gasteiger partial charge in [-0.2, -0.15) is 0 Å². The van der Waals surface area contributed by atoms with Crippen LogP contribution in [0.1, 0.15) is 37.2 Å². The van der Waals surface area contributed by atoms with Crippen LogP contribution in [0.3, 0.4) is 0 Å². The molecular weight excluding hydrogens is 298 g/mol. The van der Waals surface area contributed by atoms with Gasteiger partial charge in [-0.05, 0) is 43.5 Å². The van der Waals surface area contributed by atoms with Gasteiger partial charge in [0.05, 0.1) is 7.11 Å². The van der Waals surface area contributed by atoms with Crippen molar-refractivity contribution in [2.24, 2.45) is 11.7 Å². The van der Waals surface area contributed by atoms with E-state index in [2.05, 4.69) is 0 Å². The van der Waals surface area contributed by atoms with Gasteiger partial charge in [0.15, 0.2) is 0 Å². The average molecular weight is 321 g/mol. The van der Waals surface area contributed by atoms with Gasteiger partial charge in [-0.15, -0.1) is 0 Å². The fourth-order valence-corrected chi connectivity index (χ4v) is 3.35. The van der Waals surface area contributed by atoms with Crippen LogP contribution in [0.2, 0.25) is 0 Å². The molecule has 1 fully saturated rings. The molecule has 0 spiro atoms. The van der Waals surface area contributed by atoms with E-state index in [0.717, 1.165) is 30.6 Å². The van der Waals surface area contributed by atoms with Crippen LogP contribution in [0.4, 0.5) is 0 Å². The van der Waals surface area contributed by atoms with Gasteiger partial charge < -0.3 is 20.3 Å². The minimum Gasteiger partial charge on any atom is -0.497 e. The van der Waals surface area contributed by atoms with Crippen molar-refractivity contribution in [3.8, 4) is 5.75 Å². The molecule has 0 aromatic heterocycles. The number of rotatable bonds is 5. The van der Waals surface area contributed by atoms with Gasteiger partial charge in [0, 0.05) is 11.8 Å². The zero-order valence-electron chi connectivity index (χ0n) is 13.2. The van der Waals surface area contributed by atoms with E-state index in [4.69, 9.17) is 20.3 Å². The number of benzene rings is 1. The highest BCUT2D eigenvalue weighted by Gasteiger charge is 2.35. The molecule has 0 heterocycles. The summed E-state index contributed by atoms with van der Waals surface area (Å²) in [4.78, 5) is 22.2. The highest BCUT2D eigenvalue weighted by molar-refractivity contribution is 6.28. The number of nitrogens with two attached hydrogens (primary N) is 1. The van der Waals surface area contributed by atoms with Crippen molar-refractivity contribution in [3.63, 3.8) is 0 Å². The third-order valence-corrected chi connectivity index (χ3v) is 4.48. The maximum absolute atomic E-state index is 11.4. The zero-order chi connectivity index (χ0) is 16.8. The lowest BCUT2D eigenvalue weighted by atomic mass is 9.75. The van der Waals surface area contributed by atoms with Gasteiger partial charge in [0.2, 0.25) is 0 Å². The maximum atomic E-state index is 11.4. The van der Waals surface area contributed by atoms with E-state index in [-0.39, 0.29) is 11.8 Å². The molecular formula is C17H23NO5. The fraction of sp³-hybridized carbons (Fsp3) is 0.529. The van der Waals surface area contributed by atoms with Crippen LogP contribution in [0, 0.1) is 5.92 Å². The Labute approximate surface area is 135 Å². The Hall–Kier alpha value is -2.08. The molecule has 1 aliphatic carbocycles. The van der Waals surface area contributed by atoms with Gasteiger partial charge >= 0.3 is 11.9 Å². The second kappa shape index (κ2) is 7.97. The molecule has 0 radical (unpaired) electrons. The molecule has 3 N–H and O–H groups in total. The topological polar surface area (TPSA) is 98.9 Å². The van der Waals surface area contributed by atoms with Gasteiger partial charge in [-0.3, -0.25) is 0 Å². The van der Waals surface area contributed by atoms with Crippen LogP contribution >= 0.6 is 0 Å². The van der Waals surface area contributed by atoms with E-state index >= 15 is 0 Å². The number of esters is 1. The first-order valence-corrected chi connectivity index (χ1v) is 7.84. The number of carbonyl (C=O) groups is 2. The van der Waals surface area contributed by atoms with Crippen LogP contribution in [0.25, 0.3) is 0 Å². The van der Waals surface area contributed by atoms with Gasteiger partial charge in [0.1, 0.15) is 11.9 Å². The summed E-state index contributed by atoms with van der Waals surface area (Å²) in [5, 5.41) is 8.76. The van der Waals surface area contributed by atoms with E-state index in [0.29, 0.717) is 13.0 Å². The first kappa shape index (κ1) is 17.3. The molecule has 1 saturated carbocycles. The maximum Gasteiger partial charge on any atom is 0.417 e. The highest BCUT2D eigenvalue weighted by Crippen LogP contribution is 2.38. The van der Waals surface area contributed by atoms with Crippen molar-refractivity contribution in [1.29, 1.82) is 0 Å². The second-order valence-corrected chi connectivity index (χ2v) is 5.82. The van der Waals surface area contributed by atoms with Gasteiger partial charge in [0.25, 0.3) is 0 Å². The molecule has 0 amide bonds. The molecule has 23 heavy (non-hydrogen) atoms. The molecule has 6 nitrogen and oxygen atoms in total. The van der Waals surface area contributed by atoms with Crippen LogP contribution in [0.5, 0.6) is 5.75 Å². The van der Waals surface area contributed by atoms with Crippen molar-refractivity contribution < 1.29 is 24.2 Å². The van der Waals surface area contributed by atoms with E-state index in [9.17, 15) is 9.59 Å². The third kappa shape index (κ3) is 4.22.